The summed E-state index contributed by atoms with van der Waals surface area (Å²) in [5.74, 6) is 0.505. The van der Waals surface area contributed by atoms with Crippen molar-refractivity contribution in [2.45, 2.75) is 32.6 Å². The van der Waals surface area contributed by atoms with Gasteiger partial charge in [-0.25, -0.2) is 0 Å². The zero-order valence-corrected chi connectivity index (χ0v) is 16.6. The zero-order valence-electron chi connectivity index (χ0n) is 15.8. The Morgan fingerprint density at radius 2 is 1.67 bits per heavy atom. The van der Waals surface area contributed by atoms with Crippen LogP contribution in [0.1, 0.15) is 42.1 Å². The third-order valence-electron chi connectivity index (χ3n) is 4.14. The van der Waals surface area contributed by atoms with Crippen molar-refractivity contribution in [3.8, 4) is 11.5 Å². The molecule has 2 aromatic rings. The van der Waals surface area contributed by atoms with Gasteiger partial charge in [0.05, 0.1) is 24.9 Å². The molecule has 144 valence electrons. The molecule has 27 heavy (non-hydrogen) atoms. The number of benzene rings is 2. The molecule has 0 fully saturated rings. The molecule has 1 N–H and O–H groups in total. The molecule has 0 aromatic heterocycles. The van der Waals surface area contributed by atoms with E-state index in [0.29, 0.717) is 27.8 Å². The molecule has 0 aliphatic rings. The van der Waals surface area contributed by atoms with Crippen LogP contribution in [-0.2, 0) is 11.2 Å². The Labute approximate surface area is 164 Å². The minimum Gasteiger partial charge on any atom is -0.495 e. The van der Waals surface area contributed by atoms with Crippen LogP contribution in [0.4, 0.5) is 5.69 Å². The number of carbonyl (C=O) groups excluding carboxylic acids is 2. The van der Waals surface area contributed by atoms with Gasteiger partial charge in [0.2, 0.25) is 5.91 Å². The summed E-state index contributed by atoms with van der Waals surface area (Å²) in [4.78, 5) is 24.5. The van der Waals surface area contributed by atoms with Crippen molar-refractivity contribution < 1.29 is 19.1 Å². The number of ketones is 1. The Kier molecular flexibility index (Phi) is 7.67. The average molecular weight is 390 g/mol. The highest BCUT2D eigenvalue weighted by Crippen LogP contribution is 2.35. The Bertz CT molecular complexity index is 803. The van der Waals surface area contributed by atoms with E-state index < -0.39 is 0 Å². The van der Waals surface area contributed by atoms with Crippen LogP contribution in [0.25, 0.3) is 0 Å². The summed E-state index contributed by atoms with van der Waals surface area (Å²) in [6, 6.07) is 10.7. The first-order valence-electron chi connectivity index (χ1n) is 8.82. The minimum absolute atomic E-state index is 0.0612. The van der Waals surface area contributed by atoms with E-state index in [0.717, 1.165) is 12.8 Å². The van der Waals surface area contributed by atoms with Crippen LogP contribution in [0.3, 0.4) is 0 Å². The molecular formula is C21H24ClNO4. The highest BCUT2D eigenvalue weighted by Gasteiger charge is 2.14. The van der Waals surface area contributed by atoms with E-state index in [2.05, 4.69) is 12.2 Å². The third-order valence-corrected chi connectivity index (χ3v) is 4.44. The second kappa shape index (κ2) is 9.97. The second-order valence-electron chi connectivity index (χ2n) is 6.11. The summed E-state index contributed by atoms with van der Waals surface area (Å²) in [6.45, 7) is 2.11. The number of nitrogens with one attached hydrogen (secondary N) is 1. The molecule has 6 heteroatoms. The molecule has 0 saturated heterocycles. The molecule has 0 heterocycles. The van der Waals surface area contributed by atoms with Gasteiger partial charge in [0.1, 0.15) is 11.5 Å². The van der Waals surface area contributed by atoms with Gasteiger partial charge in [0.15, 0.2) is 5.78 Å². The van der Waals surface area contributed by atoms with Crippen LogP contribution < -0.4 is 14.8 Å². The first-order chi connectivity index (χ1) is 13.0. The summed E-state index contributed by atoms with van der Waals surface area (Å²) in [5.41, 5.74) is 2.27. The summed E-state index contributed by atoms with van der Waals surface area (Å²) < 4.78 is 10.4. The van der Waals surface area contributed by atoms with E-state index in [1.165, 1.54) is 19.8 Å². The van der Waals surface area contributed by atoms with Gasteiger partial charge in [-0.2, -0.15) is 0 Å². The molecule has 0 aliphatic heterocycles. The van der Waals surface area contributed by atoms with Gasteiger partial charge in [-0.05, 0) is 12.0 Å². The van der Waals surface area contributed by atoms with Crippen LogP contribution in [-0.4, -0.2) is 25.9 Å². The second-order valence-corrected chi connectivity index (χ2v) is 6.51. The number of Topliss-reactive ketones (excluding diaryl/α,β-unsaturated/α-hetero) is 1. The number of rotatable bonds is 9. The predicted molar refractivity (Wildman–Crippen MR) is 107 cm³/mol. The summed E-state index contributed by atoms with van der Waals surface area (Å²) in [7, 11) is 2.98. The zero-order chi connectivity index (χ0) is 19.8. The number of amides is 1. The lowest BCUT2D eigenvalue weighted by Gasteiger charge is -2.13. The maximum Gasteiger partial charge on any atom is 0.224 e. The van der Waals surface area contributed by atoms with Crippen LogP contribution >= 0.6 is 11.6 Å². The van der Waals surface area contributed by atoms with E-state index in [1.807, 2.05) is 24.3 Å². The lowest BCUT2D eigenvalue weighted by molar-refractivity contribution is -0.116. The highest BCUT2D eigenvalue weighted by atomic mass is 35.5. The molecule has 0 radical (unpaired) electrons. The van der Waals surface area contributed by atoms with Gasteiger partial charge in [-0.1, -0.05) is 49.2 Å². The number of anilines is 1. The van der Waals surface area contributed by atoms with E-state index in [9.17, 15) is 9.59 Å². The van der Waals surface area contributed by atoms with Crippen LogP contribution in [0, 0.1) is 0 Å². The van der Waals surface area contributed by atoms with Gasteiger partial charge in [-0.15, -0.1) is 0 Å². The Morgan fingerprint density at radius 1 is 1.00 bits per heavy atom. The van der Waals surface area contributed by atoms with Crippen molar-refractivity contribution in [3.05, 3.63) is 52.5 Å². The maximum atomic E-state index is 12.3. The highest BCUT2D eigenvalue weighted by molar-refractivity contribution is 6.32. The lowest BCUT2D eigenvalue weighted by atomic mass is 10.0. The van der Waals surface area contributed by atoms with E-state index in [1.54, 1.807) is 12.1 Å². The monoisotopic (exact) mass is 389 g/mol. The Hall–Kier alpha value is -2.53. The molecular weight excluding hydrogens is 366 g/mol. The number of halogens is 1. The summed E-state index contributed by atoms with van der Waals surface area (Å²) in [6.07, 6.45) is 2.26. The van der Waals surface area contributed by atoms with Gasteiger partial charge < -0.3 is 14.8 Å². The first kappa shape index (κ1) is 20.8. The van der Waals surface area contributed by atoms with Crippen molar-refractivity contribution in [2.24, 2.45) is 0 Å². The molecule has 0 unspecified atom stereocenters. The molecule has 0 spiro atoms. The fraction of sp³-hybridized carbons (Fsp3) is 0.333. The molecule has 1 amide bonds. The normalized spacial score (nSPS) is 10.4. The molecule has 5 nitrogen and oxygen atoms in total. The quantitative estimate of drug-likeness (QED) is 0.619. The van der Waals surface area contributed by atoms with E-state index in [4.69, 9.17) is 21.1 Å². The van der Waals surface area contributed by atoms with Crippen molar-refractivity contribution in [1.82, 2.24) is 0 Å². The fourth-order valence-corrected chi connectivity index (χ4v) is 2.92. The van der Waals surface area contributed by atoms with Crippen molar-refractivity contribution in [2.75, 3.05) is 19.5 Å². The predicted octanol–water partition coefficient (Wildman–Crippen LogP) is 4.91. The smallest absolute Gasteiger partial charge is 0.224 e. The SMILES string of the molecule is CCCc1ccc(C(=O)CCC(=O)Nc2cc(OC)c(Cl)cc2OC)cc1. The Balaban J connectivity index is 1.97. The maximum absolute atomic E-state index is 12.3. The topological polar surface area (TPSA) is 64.6 Å². The van der Waals surface area contributed by atoms with Crippen LogP contribution in [0.2, 0.25) is 5.02 Å². The van der Waals surface area contributed by atoms with Gasteiger partial charge in [-0.3, -0.25) is 9.59 Å². The first-order valence-corrected chi connectivity index (χ1v) is 9.19. The standard InChI is InChI=1S/C21H24ClNO4/c1-4-5-14-6-8-15(9-7-14)18(24)10-11-21(25)23-17-13-19(26-2)16(22)12-20(17)27-3/h6-9,12-13H,4-5,10-11H2,1-3H3,(H,23,25). The van der Waals surface area contributed by atoms with Crippen molar-refractivity contribution in [1.29, 1.82) is 0 Å². The van der Waals surface area contributed by atoms with Crippen LogP contribution in [0.15, 0.2) is 36.4 Å². The summed E-state index contributed by atoms with van der Waals surface area (Å²) >= 11 is 6.06. The number of carbonyl (C=O) groups is 2. The van der Waals surface area contributed by atoms with E-state index >= 15 is 0 Å². The molecule has 2 aromatic carbocycles. The molecule has 0 aliphatic carbocycles. The molecule has 0 saturated carbocycles. The van der Waals surface area contributed by atoms with Gasteiger partial charge in [0, 0.05) is 30.5 Å². The van der Waals surface area contributed by atoms with Gasteiger partial charge >= 0.3 is 0 Å². The number of hydrogen-bond acceptors (Lipinski definition) is 4. The number of aryl methyl sites for hydroxylation is 1. The fourth-order valence-electron chi connectivity index (χ4n) is 2.69. The van der Waals surface area contributed by atoms with Crippen molar-refractivity contribution >= 4 is 29.0 Å². The average Bonchev–Trinajstić information content (AvgIpc) is 2.68. The molecule has 2 rings (SSSR count). The van der Waals surface area contributed by atoms with Crippen molar-refractivity contribution in [3.63, 3.8) is 0 Å². The summed E-state index contributed by atoms with van der Waals surface area (Å²) in [5, 5.41) is 3.12. The largest absolute Gasteiger partial charge is 0.495 e. The molecule has 0 bridgehead atoms. The Morgan fingerprint density at radius 3 is 2.26 bits per heavy atom. The third kappa shape index (κ3) is 5.73. The number of ether oxygens (including phenoxy) is 2. The van der Waals surface area contributed by atoms with Crippen LogP contribution in [0.5, 0.6) is 11.5 Å². The molecule has 0 atom stereocenters. The number of methoxy groups -OCH3 is 2. The number of hydrogen-bond donors (Lipinski definition) is 1. The minimum atomic E-state index is -0.284. The van der Waals surface area contributed by atoms with E-state index in [-0.39, 0.29) is 24.5 Å². The lowest BCUT2D eigenvalue weighted by Crippen LogP contribution is -2.14. The van der Waals surface area contributed by atoms with Gasteiger partial charge in [0.25, 0.3) is 0 Å².